The lowest BCUT2D eigenvalue weighted by molar-refractivity contribution is -0.0621. The van der Waals surface area contributed by atoms with Gasteiger partial charge in [-0.3, -0.25) is 0 Å². The van der Waals surface area contributed by atoms with E-state index in [1.54, 1.807) is 0 Å². The minimum atomic E-state index is 0.301. The average Bonchev–Trinajstić information content (AvgIpc) is 2.63. The molecule has 2 nitrogen and oxygen atoms in total. The van der Waals surface area contributed by atoms with E-state index in [4.69, 9.17) is 4.74 Å². The van der Waals surface area contributed by atoms with Crippen LogP contribution in [0.15, 0.2) is 0 Å². The molecule has 1 spiro atoms. The summed E-state index contributed by atoms with van der Waals surface area (Å²) in [6, 6.07) is 0. The van der Waals surface area contributed by atoms with Crippen LogP contribution in [0.5, 0.6) is 0 Å². The summed E-state index contributed by atoms with van der Waals surface area (Å²) in [7, 11) is 0. The van der Waals surface area contributed by atoms with Gasteiger partial charge in [-0.2, -0.15) is 0 Å². The van der Waals surface area contributed by atoms with E-state index in [2.05, 4.69) is 27.9 Å². The van der Waals surface area contributed by atoms with Crippen molar-refractivity contribution in [2.24, 2.45) is 0 Å². The van der Waals surface area contributed by atoms with Crippen LogP contribution in [-0.4, -0.2) is 29.2 Å². The molecule has 0 radical (unpaired) electrons. The third-order valence-corrected chi connectivity index (χ3v) is 4.29. The summed E-state index contributed by atoms with van der Waals surface area (Å²) in [5.74, 6) is 0. The average molecular weight is 323 g/mol. The molecule has 0 amide bonds. The van der Waals surface area contributed by atoms with Gasteiger partial charge in [-0.25, -0.2) is 0 Å². The molecule has 1 aliphatic heterocycles. The smallest absolute Gasteiger partial charge is 0.0708 e. The molecule has 1 saturated heterocycles. The highest BCUT2D eigenvalue weighted by atomic mass is 127. The molecule has 0 bridgehead atoms. The fourth-order valence-electron chi connectivity index (χ4n) is 2.93. The molecule has 1 heterocycles. The highest BCUT2D eigenvalue weighted by molar-refractivity contribution is 14.1. The van der Waals surface area contributed by atoms with E-state index in [0.717, 1.165) is 13.1 Å². The lowest BCUT2D eigenvalue weighted by atomic mass is 9.83. The fourth-order valence-corrected chi connectivity index (χ4v) is 3.31. The van der Waals surface area contributed by atoms with Gasteiger partial charge < -0.3 is 10.1 Å². The number of nitrogens with one attached hydrogen (secondary N) is 1. The first-order chi connectivity index (χ1) is 7.35. The van der Waals surface area contributed by atoms with E-state index in [0.29, 0.717) is 11.7 Å². The molecule has 2 fully saturated rings. The fraction of sp³-hybridized carbons (Fsp3) is 1.00. The Morgan fingerprint density at radius 2 is 2.00 bits per heavy atom. The first-order valence-corrected chi connectivity index (χ1v) is 7.82. The number of hydrogen-bond donors (Lipinski definition) is 1. The van der Waals surface area contributed by atoms with Crippen LogP contribution in [0.25, 0.3) is 0 Å². The van der Waals surface area contributed by atoms with E-state index in [1.165, 1.54) is 49.4 Å². The molecule has 1 aliphatic carbocycles. The SMILES string of the molecule is ICCNCC1CCC2(CCCCC2)O1. The number of rotatable bonds is 4. The Morgan fingerprint density at radius 1 is 1.20 bits per heavy atom. The van der Waals surface area contributed by atoms with Crippen molar-refractivity contribution in [1.82, 2.24) is 5.32 Å². The minimum Gasteiger partial charge on any atom is -0.370 e. The van der Waals surface area contributed by atoms with Crippen LogP contribution in [0.2, 0.25) is 0 Å². The predicted molar refractivity (Wildman–Crippen MR) is 71.7 cm³/mol. The molecule has 2 rings (SSSR count). The number of hydrogen-bond acceptors (Lipinski definition) is 2. The van der Waals surface area contributed by atoms with Crippen molar-refractivity contribution in [1.29, 1.82) is 0 Å². The summed E-state index contributed by atoms with van der Waals surface area (Å²) in [6.07, 6.45) is 9.89. The first-order valence-electron chi connectivity index (χ1n) is 6.29. The zero-order chi connectivity index (χ0) is 10.6. The second-order valence-electron chi connectivity index (χ2n) is 4.92. The van der Waals surface area contributed by atoms with E-state index >= 15 is 0 Å². The summed E-state index contributed by atoms with van der Waals surface area (Å²) in [6.45, 7) is 2.18. The van der Waals surface area contributed by atoms with Gasteiger partial charge in [0.15, 0.2) is 0 Å². The van der Waals surface area contributed by atoms with Gasteiger partial charge in [0.2, 0.25) is 0 Å². The second kappa shape index (κ2) is 5.82. The van der Waals surface area contributed by atoms with Gasteiger partial charge in [0.25, 0.3) is 0 Å². The number of ether oxygens (including phenoxy) is 1. The van der Waals surface area contributed by atoms with Crippen molar-refractivity contribution in [3.05, 3.63) is 0 Å². The Balaban J connectivity index is 1.73. The Hall–Kier alpha value is 0.650. The van der Waals surface area contributed by atoms with Crippen molar-refractivity contribution in [2.45, 2.75) is 56.7 Å². The Bertz CT molecular complexity index is 190. The molecule has 0 aromatic rings. The molecule has 88 valence electrons. The Labute approximate surface area is 107 Å². The van der Waals surface area contributed by atoms with Crippen LogP contribution < -0.4 is 5.32 Å². The highest BCUT2D eigenvalue weighted by Crippen LogP contribution is 2.41. The molecule has 0 aromatic carbocycles. The largest absolute Gasteiger partial charge is 0.370 e. The molecule has 15 heavy (non-hydrogen) atoms. The normalized spacial score (nSPS) is 29.8. The molecular formula is C12H22INO. The van der Waals surface area contributed by atoms with Crippen LogP contribution >= 0.6 is 22.6 Å². The van der Waals surface area contributed by atoms with Crippen molar-refractivity contribution >= 4 is 22.6 Å². The third-order valence-electron chi connectivity index (χ3n) is 3.75. The van der Waals surface area contributed by atoms with Crippen LogP contribution in [0.4, 0.5) is 0 Å². The summed E-state index contributed by atoms with van der Waals surface area (Å²) >= 11 is 2.41. The molecular weight excluding hydrogens is 301 g/mol. The van der Waals surface area contributed by atoms with Gasteiger partial charge in [0.1, 0.15) is 0 Å². The Kier molecular flexibility index (Phi) is 4.70. The summed E-state index contributed by atoms with van der Waals surface area (Å²) in [5, 5.41) is 3.47. The standard InChI is InChI=1S/C12H22INO/c13-8-9-14-10-11-4-7-12(15-11)5-2-1-3-6-12/h11,14H,1-10H2. The Morgan fingerprint density at radius 3 is 2.73 bits per heavy atom. The summed E-state index contributed by atoms with van der Waals surface area (Å²) in [4.78, 5) is 0. The first kappa shape index (κ1) is 12.1. The van der Waals surface area contributed by atoms with Gasteiger partial charge in [0, 0.05) is 17.5 Å². The van der Waals surface area contributed by atoms with Crippen LogP contribution in [0, 0.1) is 0 Å². The summed E-state index contributed by atoms with van der Waals surface area (Å²) < 4.78 is 7.46. The van der Waals surface area contributed by atoms with E-state index in [1.807, 2.05) is 0 Å². The quantitative estimate of drug-likeness (QED) is 0.488. The van der Waals surface area contributed by atoms with Gasteiger partial charge >= 0.3 is 0 Å². The van der Waals surface area contributed by atoms with Crippen LogP contribution in [0.3, 0.4) is 0 Å². The van der Waals surface area contributed by atoms with Crippen molar-refractivity contribution in [3.8, 4) is 0 Å². The topological polar surface area (TPSA) is 21.3 Å². The van der Waals surface area contributed by atoms with Gasteiger partial charge in [-0.1, -0.05) is 41.9 Å². The molecule has 1 N–H and O–H groups in total. The number of alkyl halides is 1. The minimum absolute atomic E-state index is 0.301. The predicted octanol–water partition coefficient (Wildman–Crippen LogP) is 2.89. The lowest BCUT2D eigenvalue weighted by Gasteiger charge is -2.33. The van der Waals surface area contributed by atoms with Gasteiger partial charge in [0.05, 0.1) is 11.7 Å². The van der Waals surface area contributed by atoms with Crippen molar-refractivity contribution in [2.75, 3.05) is 17.5 Å². The number of halogens is 1. The van der Waals surface area contributed by atoms with Crippen LogP contribution in [-0.2, 0) is 4.74 Å². The zero-order valence-electron chi connectivity index (χ0n) is 9.43. The van der Waals surface area contributed by atoms with E-state index in [-0.39, 0.29) is 0 Å². The molecule has 0 aromatic heterocycles. The maximum atomic E-state index is 6.27. The highest BCUT2D eigenvalue weighted by Gasteiger charge is 2.40. The van der Waals surface area contributed by atoms with Crippen molar-refractivity contribution in [3.63, 3.8) is 0 Å². The van der Waals surface area contributed by atoms with Crippen molar-refractivity contribution < 1.29 is 4.74 Å². The molecule has 1 unspecified atom stereocenters. The molecule has 3 heteroatoms. The monoisotopic (exact) mass is 323 g/mol. The van der Waals surface area contributed by atoms with E-state index in [9.17, 15) is 0 Å². The maximum absolute atomic E-state index is 6.27. The second-order valence-corrected chi connectivity index (χ2v) is 5.99. The lowest BCUT2D eigenvalue weighted by Crippen LogP contribution is -2.35. The zero-order valence-corrected chi connectivity index (χ0v) is 11.6. The molecule has 1 saturated carbocycles. The van der Waals surface area contributed by atoms with E-state index < -0.39 is 0 Å². The summed E-state index contributed by atoms with van der Waals surface area (Å²) in [5.41, 5.74) is 0.301. The molecule has 2 aliphatic rings. The van der Waals surface area contributed by atoms with Gasteiger partial charge in [-0.05, 0) is 25.7 Å². The van der Waals surface area contributed by atoms with Crippen LogP contribution in [0.1, 0.15) is 44.9 Å². The van der Waals surface area contributed by atoms with Gasteiger partial charge in [-0.15, -0.1) is 0 Å². The molecule has 1 atom stereocenters. The third kappa shape index (κ3) is 3.30. The maximum Gasteiger partial charge on any atom is 0.0708 e.